The highest BCUT2D eigenvalue weighted by Gasteiger charge is 2.44. The summed E-state index contributed by atoms with van der Waals surface area (Å²) in [7, 11) is -7.22. The summed E-state index contributed by atoms with van der Waals surface area (Å²) in [6, 6.07) is 6.07. The zero-order valence-corrected chi connectivity index (χ0v) is 18.8. The highest BCUT2D eigenvalue weighted by molar-refractivity contribution is 7.90. The van der Waals surface area contributed by atoms with Gasteiger partial charge in [-0.15, -0.1) is 0 Å². The Kier molecular flexibility index (Phi) is 11.4. The lowest BCUT2D eigenvalue weighted by atomic mass is 10.4. The fraction of sp³-hybridized carbons (Fsp3) is 0.667. The first-order valence-electron chi connectivity index (χ1n) is 9.79. The molecule has 1 rings (SSSR count). The first-order chi connectivity index (χ1) is 13.5. The van der Waals surface area contributed by atoms with Crippen molar-refractivity contribution in [1.29, 1.82) is 0 Å². The van der Waals surface area contributed by atoms with E-state index in [2.05, 4.69) is 30.2 Å². The summed E-state index contributed by atoms with van der Waals surface area (Å²) < 4.78 is 45.3. The zero-order valence-electron chi connectivity index (χ0n) is 17.0. The fourth-order valence-corrected chi connectivity index (χ4v) is 5.59. The van der Waals surface area contributed by atoms with Crippen molar-refractivity contribution in [3.05, 3.63) is 34.7 Å². The van der Waals surface area contributed by atoms with Crippen LogP contribution in [0, 0.1) is 0 Å². The van der Waals surface area contributed by atoms with Gasteiger partial charge in [0.05, 0.1) is 4.90 Å². The Morgan fingerprint density at radius 2 is 1.32 bits per heavy atom. The molecule has 0 amide bonds. The Balaban J connectivity index is 3.22. The molecule has 1 aromatic rings. The van der Waals surface area contributed by atoms with E-state index in [1.54, 1.807) is 12.1 Å². The van der Waals surface area contributed by atoms with E-state index in [-0.39, 0.29) is 4.90 Å². The van der Waals surface area contributed by atoms with Crippen molar-refractivity contribution in [1.82, 2.24) is 0 Å². The van der Waals surface area contributed by atoms with E-state index in [4.69, 9.17) is 18.8 Å². The summed E-state index contributed by atoms with van der Waals surface area (Å²) in [4.78, 5) is 2.30. The Hall–Kier alpha value is -1.42. The molecular formula is C18H31N3O5SSi. The Morgan fingerprint density at radius 1 is 0.893 bits per heavy atom. The summed E-state index contributed by atoms with van der Waals surface area (Å²) in [5.41, 5.74) is 8.43. The van der Waals surface area contributed by atoms with Crippen molar-refractivity contribution < 1.29 is 21.7 Å². The van der Waals surface area contributed by atoms with E-state index in [0.29, 0.717) is 25.0 Å². The smallest absolute Gasteiger partial charge is 0.370 e. The molecule has 0 unspecified atom stereocenters. The van der Waals surface area contributed by atoms with Crippen molar-refractivity contribution in [3.8, 4) is 0 Å². The van der Waals surface area contributed by atoms with Crippen LogP contribution in [0.15, 0.2) is 33.7 Å². The van der Waals surface area contributed by atoms with Gasteiger partial charge in [-0.3, -0.25) is 0 Å². The first kappa shape index (κ1) is 24.6. The second-order valence-electron chi connectivity index (χ2n) is 6.33. The molecule has 10 heteroatoms. The van der Waals surface area contributed by atoms with Crippen LogP contribution in [0.2, 0.25) is 0 Å². The number of unbranched alkanes of at least 4 members (excludes halogenated alkanes) is 3. The van der Waals surface area contributed by atoms with Gasteiger partial charge in [-0.1, -0.05) is 52.2 Å². The molecule has 0 atom stereocenters. The van der Waals surface area contributed by atoms with Gasteiger partial charge in [0.25, 0.3) is 10.0 Å². The number of hydrogen-bond donors (Lipinski definition) is 0. The molecule has 0 bridgehead atoms. The molecule has 0 aliphatic rings. The van der Waals surface area contributed by atoms with Crippen molar-refractivity contribution in [2.75, 3.05) is 19.8 Å². The lowest BCUT2D eigenvalue weighted by Crippen LogP contribution is -2.57. The molecule has 0 spiro atoms. The number of benzene rings is 1. The lowest BCUT2D eigenvalue weighted by Gasteiger charge is -2.30. The molecule has 0 aliphatic heterocycles. The molecule has 0 saturated heterocycles. The molecule has 8 nitrogen and oxygen atoms in total. The third-order valence-corrected chi connectivity index (χ3v) is 7.97. The van der Waals surface area contributed by atoms with E-state index in [1.165, 1.54) is 12.1 Å². The maximum atomic E-state index is 11.9. The highest BCUT2D eigenvalue weighted by Crippen LogP contribution is 2.17. The van der Waals surface area contributed by atoms with E-state index in [9.17, 15) is 8.42 Å². The molecule has 0 aromatic heterocycles. The van der Waals surface area contributed by atoms with Crippen LogP contribution in [-0.4, -0.2) is 37.0 Å². The van der Waals surface area contributed by atoms with Crippen molar-refractivity contribution >= 4 is 24.0 Å². The van der Waals surface area contributed by atoms with E-state index in [0.717, 1.165) is 38.5 Å². The van der Waals surface area contributed by atoms with Crippen LogP contribution in [0.3, 0.4) is 0 Å². The van der Waals surface area contributed by atoms with Crippen molar-refractivity contribution in [3.63, 3.8) is 0 Å². The summed E-state index contributed by atoms with van der Waals surface area (Å²) in [5.74, 6) is 0. The number of sulfonamides is 1. The van der Waals surface area contributed by atoms with Crippen molar-refractivity contribution in [2.45, 2.75) is 64.2 Å². The van der Waals surface area contributed by atoms with Crippen LogP contribution >= 0.6 is 0 Å². The monoisotopic (exact) mass is 429 g/mol. The maximum absolute atomic E-state index is 11.9. The lowest BCUT2D eigenvalue weighted by molar-refractivity contribution is 0.0700. The average molecular weight is 430 g/mol. The van der Waals surface area contributed by atoms with E-state index in [1.807, 2.05) is 0 Å². The maximum Gasteiger partial charge on any atom is 0.537 e. The number of hydrogen-bond acceptors (Lipinski definition) is 5. The summed E-state index contributed by atoms with van der Waals surface area (Å²) in [5, 5.41) is 0.704. The van der Waals surface area contributed by atoms with Crippen LogP contribution in [0.5, 0.6) is 0 Å². The predicted molar refractivity (Wildman–Crippen MR) is 111 cm³/mol. The topological polar surface area (TPSA) is 111 Å². The minimum Gasteiger partial charge on any atom is -0.370 e. The van der Waals surface area contributed by atoms with Crippen molar-refractivity contribution in [2.24, 2.45) is 4.52 Å². The van der Waals surface area contributed by atoms with Gasteiger partial charge >= 0.3 is 8.80 Å². The molecule has 0 heterocycles. The Bertz CT molecular complexity index is 695. The Labute approximate surface area is 169 Å². The van der Waals surface area contributed by atoms with Gasteiger partial charge in [-0.05, 0) is 36.9 Å². The second-order valence-corrected chi connectivity index (χ2v) is 10.5. The molecule has 0 N–H and O–H groups in total. The summed E-state index contributed by atoms with van der Waals surface area (Å²) >= 11 is 0. The standard InChI is InChI=1S/C18H31N3O5SSi/c1-4-7-14-24-28(25-15-8-5-2,26-16-9-6-3)18-12-10-17(11-13-18)27(22,23)21-20-19/h10-13H,4-9,14-16H2,1-3H3. The SMILES string of the molecule is CCCCO[Si](OCCCC)(OCCCC)c1ccc(S(=O)(=O)N=[N+]=[N-])cc1. The quantitative estimate of drug-likeness (QED) is 0.136. The van der Waals surface area contributed by atoms with Gasteiger partial charge in [0.1, 0.15) is 0 Å². The number of nitrogens with zero attached hydrogens (tertiary/aromatic N) is 3. The summed E-state index contributed by atoms with van der Waals surface area (Å²) in [6.45, 7) is 7.78. The third kappa shape index (κ3) is 7.54. The molecule has 1 aromatic carbocycles. The van der Waals surface area contributed by atoms with Crippen LogP contribution in [0.25, 0.3) is 10.4 Å². The zero-order chi connectivity index (χ0) is 20.9. The molecular weight excluding hydrogens is 398 g/mol. The van der Waals surface area contributed by atoms with Crippen LogP contribution < -0.4 is 5.19 Å². The van der Waals surface area contributed by atoms with Gasteiger partial charge < -0.3 is 13.3 Å². The van der Waals surface area contributed by atoms with Crippen LogP contribution in [-0.2, 0) is 23.3 Å². The molecule has 0 radical (unpaired) electrons. The second kappa shape index (κ2) is 12.9. The molecule has 28 heavy (non-hydrogen) atoms. The predicted octanol–water partition coefficient (Wildman–Crippen LogP) is 4.28. The molecule has 0 aliphatic carbocycles. The minimum absolute atomic E-state index is 0.0763. The fourth-order valence-electron chi connectivity index (χ4n) is 2.35. The average Bonchev–Trinajstić information content (AvgIpc) is 2.68. The van der Waals surface area contributed by atoms with Gasteiger partial charge in [-0.2, -0.15) is 0 Å². The van der Waals surface area contributed by atoms with Gasteiger partial charge in [0, 0.05) is 34.4 Å². The first-order valence-corrected chi connectivity index (χ1v) is 13.0. The van der Waals surface area contributed by atoms with Gasteiger partial charge in [0.15, 0.2) is 0 Å². The number of azide groups is 1. The molecule has 0 saturated carbocycles. The van der Waals surface area contributed by atoms with Gasteiger partial charge in [0.2, 0.25) is 0 Å². The third-order valence-electron chi connectivity index (χ3n) is 4.02. The Morgan fingerprint density at radius 3 is 1.68 bits per heavy atom. The van der Waals surface area contributed by atoms with E-state index >= 15 is 0 Å². The minimum atomic E-state index is -4.03. The van der Waals surface area contributed by atoms with E-state index < -0.39 is 18.8 Å². The van der Waals surface area contributed by atoms with Crippen LogP contribution in [0.1, 0.15) is 59.3 Å². The van der Waals surface area contributed by atoms with Gasteiger partial charge in [-0.25, -0.2) is 8.42 Å². The summed E-state index contributed by atoms with van der Waals surface area (Å²) in [6.07, 6.45) is 5.60. The number of rotatable bonds is 15. The van der Waals surface area contributed by atoms with Crippen LogP contribution in [0.4, 0.5) is 0 Å². The molecule has 0 fully saturated rings. The highest BCUT2D eigenvalue weighted by atomic mass is 32.2. The molecule has 158 valence electrons. The normalized spacial score (nSPS) is 12.0. The largest absolute Gasteiger partial charge is 0.537 e.